The Labute approximate surface area is 118 Å². The van der Waals surface area contributed by atoms with E-state index in [2.05, 4.69) is 5.16 Å². The largest absolute Gasteiger partial charge is 0.493 e. The molecule has 20 heavy (non-hydrogen) atoms. The van der Waals surface area contributed by atoms with Crippen molar-refractivity contribution in [1.29, 1.82) is 0 Å². The molecule has 1 aromatic carbocycles. The molecule has 6 nitrogen and oxygen atoms in total. The van der Waals surface area contributed by atoms with Crippen LogP contribution in [0, 0.1) is 6.92 Å². The first-order valence-electron chi connectivity index (χ1n) is 6.20. The van der Waals surface area contributed by atoms with Crippen LogP contribution in [0.25, 0.3) is 0 Å². The van der Waals surface area contributed by atoms with Gasteiger partial charge in [-0.15, -0.1) is 0 Å². The molecular formula is C14H19N3O3. The number of benzene rings is 1. The Balaban J connectivity index is 2.27. The molecule has 2 rings (SSSR count). The van der Waals surface area contributed by atoms with Crippen molar-refractivity contribution in [3.05, 3.63) is 29.7 Å². The molecule has 2 N–H and O–H groups in total. The van der Waals surface area contributed by atoms with Gasteiger partial charge in [-0.3, -0.25) is 0 Å². The van der Waals surface area contributed by atoms with Gasteiger partial charge in [0.15, 0.2) is 11.5 Å². The molecule has 0 amide bonds. The van der Waals surface area contributed by atoms with Crippen LogP contribution in [0.1, 0.15) is 11.5 Å². The average Bonchev–Trinajstić information content (AvgIpc) is 2.83. The molecule has 0 aliphatic carbocycles. The van der Waals surface area contributed by atoms with Gasteiger partial charge < -0.3 is 24.6 Å². The number of nitrogens with zero attached hydrogens (tertiary/aromatic N) is 2. The minimum Gasteiger partial charge on any atom is -0.493 e. The molecule has 0 spiro atoms. The Hall–Kier alpha value is -2.37. The van der Waals surface area contributed by atoms with Gasteiger partial charge in [0.2, 0.25) is 0 Å². The fourth-order valence-corrected chi connectivity index (χ4v) is 2.04. The molecule has 0 atom stereocenters. The number of hydrogen-bond acceptors (Lipinski definition) is 6. The minimum absolute atomic E-state index is 0.594. The van der Waals surface area contributed by atoms with Gasteiger partial charge in [-0.25, -0.2) is 0 Å². The fourth-order valence-electron chi connectivity index (χ4n) is 2.04. The van der Waals surface area contributed by atoms with E-state index in [1.165, 1.54) is 0 Å². The fraction of sp³-hybridized carbons (Fsp3) is 0.357. The van der Waals surface area contributed by atoms with Gasteiger partial charge in [0.1, 0.15) is 11.5 Å². The number of ether oxygens (including phenoxy) is 2. The molecule has 0 fully saturated rings. The molecule has 0 radical (unpaired) electrons. The van der Waals surface area contributed by atoms with Crippen molar-refractivity contribution < 1.29 is 14.0 Å². The zero-order valence-electron chi connectivity index (χ0n) is 12.1. The Morgan fingerprint density at radius 2 is 1.85 bits per heavy atom. The molecule has 2 aromatic rings. The van der Waals surface area contributed by atoms with Crippen LogP contribution in [0.4, 0.5) is 11.4 Å². The summed E-state index contributed by atoms with van der Waals surface area (Å²) < 4.78 is 15.6. The van der Waals surface area contributed by atoms with E-state index in [4.69, 9.17) is 19.7 Å². The van der Waals surface area contributed by atoms with E-state index in [0.29, 0.717) is 23.7 Å². The van der Waals surface area contributed by atoms with Crippen molar-refractivity contribution in [2.75, 3.05) is 31.9 Å². The molecule has 1 heterocycles. The normalized spacial score (nSPS) is 10.4. The van der Waals surface area contributed by atoms with E-state index in [1.807, 2.05) is 31.0 Å². The lowest BCUT2D eigenvalue weighted by atomic mass is 10.2. The topological polar surface area (TPSA) is 73.8 Å². The van der Waals surface area contributed by atoms with Crippen LogP contribution < -0.4 is 20.1 Å². The second-order valence-corrected chi connectivity index (χ2v) is 4.55. The molecule has 0 unspecified atom stereocenters. The standard InChI is InChI=1S/C14H19N3O3/c1-9-5-10(16-20-9)8-17(2)12-7-14(19-4)13(18-3)6-11(12)15/h5-7H,8,15H2,1-4H3. The number of rotatable bonds is 5. The summed E-state index contributed by atoms with van der Waals surface area (Å²) in [5.74, 6) is 2.04. The van der Waals surface area contributed by atoms with Crippen LogP contribution in [0.2, 0.25) is 0 Å². The number of hydrogen-bond donors (Lipinski definition) is 1. The summed E-state index contributed by atoms with van der Waals surface area (Å²) in [5, 5.41) is 3.97. The number of aryl methyl sites for hydroxylation is 1. The summed E-state index contributed by atoms with van der Waals surface area (Å²) in [6, 6.07) is 5.49. The summed E-state index contributed by atoms with van der Waals surface area (Å²) in [4.78, 5) is 1.98. The third-order valence-electron chi connectivity index (χ3n) is 3.02. The van der Waals surface area contributed by atoms with Gasteiger partial charge in [-0.2, -0.15) is 0 Å². The molecule has 0 saturated heterocycles. The number of aromatic nitrogens is 1. The monoisotopic (exact) mass is 277 g/mol. The SMILES string of the molecule is COc1cc(N)c(N(C)Cc2cc(C)on2)cc1OC. The van der Waals surface area contributed by atoms with Crippen LogP contribution in [0.3, 0.4) is 0 Å². The lowest BCUT2D eigenvalue weighted by molar-refractivity contribution is 0.355. The summed E-state index contributed by atoms with van der Waals surface area (Å²) in [7, 11) is 5.11. The van der Waals surface area contributed by atoms with Gasteiger partial charge in [0.05, 0.1) is 32.1 Å². The zero-order chi connectivity index (χ0) is 14.7. The number of nitrogen functional groups attached to an aromatic ring is 1. The predicted molar refractivity (Wildman–Crippen MR) is 77.3 cm³/mol. The van der Waals surface area contributed by atoms with E-state index in [1.54, 1.807) is 20.3 Å². The van der Waals surface area contributed by atoms with Crippen molar-refractivity contribution in [3.8, 4) is 11.5 Å². The Morgan fingerprint density at radius 3 is 2.40 bits per heavy atom. The summed E-state index contributed by atoms with van der Waals surface area (Å²) in [6.45, 7) is 2.46. The first-order valence-corrected chi connectivity index (χ1v) is 6.20. The van der Waals surface area contributed by atoms with Crippen molar-refractivity contribution in [2.45, 2.75) is 13.5 Å². The van der Waals surface area contributed by atoms with Crippen LogP contribution in [0.5, 0.6) is 11.5 Å². The number of anilines is 2. The summed E-state index contributed by atoms with van der Waals surface area (Å²) >= 11 is 0. The highest BCUT2D eigenvalue weighted by Gasteiger charge is 2.13. The first-order chi connectivity index (χ1) is 9.55. The van der Waals surface area contributed by atoms with Gasteiger partial charge in [-0.05, 0) is 6.92 Å². The predicted octanol–water partition coefficient (Wildman–Crippen LogP) is 2.22. The molecule has 0 aliphatic heterocycles. The van der Waals surface area contributed by atoms with E-state index in [9.17, 15) is 0 Å². The van der Waals surface area contributed by atoms with Crippen molar-refractivity contribution in [3.63, 3.8) is 0 Å². The molecule has 6 heteroatoms. The molecule has 0 saturated carbocycles. The lowest BCUT2D eigenvalue weighted by Crippen LogP contribution is -2.18. The molecule has 0 bridgehead atoms. The Bertz CT molecular complexity index is 595. The second-order valence-electron chi connectivity index (χ2n) is 4.55. The highest BCUT2D eigenvalue weighted by molar-refractivity contribution is 5.72. The average molecular weight is 277 g/mol. The highest BCUT2D eigenvalue weighted by Crippen LogP contribution is 2.36. The molecule has 0 aliphatic rings. The highest BCUT2D eigenvalue weighted by atomic mass is 16.5. The van der Waals surface area contributed by atoms with E-state index < -0.39 is 0 Å². The maximum atomic E-state index is 6.06. The van der Waals surface area contributed by atoms with Gasteiger partial charge in [0.25, 0.3) is 0 Å². The first kappa shape index (κ1) is 14.0. The second kappa shape index (κ2) is 5.73. The van der Waals surface area contributed by atoms with Gasteiger partial charge in [-0.1, -0.05) is 5.16 Å². The number of methoxy groups -OCH3 is 2. The Kier molecular flexibility index (Phi) is 4.02. The number of nitrogens with two attached hydrogens (primary N) is 1. The smallest absolute Gasteiger partial charge is 0.162 e. The van der Waals surface area contributed by atoms with Gasteiger partial charge >= 0.3 is 0 Å². The third kappa shape index (κ3) is 2.79. The molecule has 108 valence electrons. The minimum atomic E-state index is 0.594. The molecular weight excluding hydrogens is 258 g/mol. The van der Waals surface area contributed by atoms with E-state index in [-0.39, 0.29) is 0 Å². The summed E-state index contributed by atoms with van der Waals surface area (Å²) in [6.07, 6.45) is 0. The maximum Gasteiger partial charge on any atom is 0.162 e. The Morgan fingerprint density at radius 1 is 1.20 bits per heavy atom. The maximum absolute atomic E-state index is 6.06. The van der Waals surface area contributed by atoms with E-state index in [0.717, 1.165) is 17.1 Å². The molecule has 1 aromatic heterocycles. The summed E-state index contributed by atoms with van der Waals surface area (Å²) in [5.41, 5.74) is 8.37. The quantitative estimate of drug-likeness (QED) is 0.845. The van der Waals surface area contributed by atoms with Crippen LogP contribution in [-0.4, -0.2) is 26.4 Å². The van der Waals surface area contributed by atoms with E-state index >= 15 is 0 Å². The van der Waals surface area contributed by atoms with Gasteiger partial charge in [0, 0.05) is 25.2 Å². The van der Waals surface area contributed by atoms with Crippen LogP contribution in [-0.2, 0) is 6.54 Å². The van der Waals surface area contributed by atoms with Crippen LogP contribution in [0.15, 0.2) is 22.7 Å². The lowest BCUT2D eigenvalue weighted by Gasteiger charge is -2.21. The van der Waals surface area contributed by atoms with Crippen molar-refractivity contribution >= 4 is 11.4 Å². The van der Waals surface area contributed by atoms with Crippen LogP contribution >= 0.6 is 0 Å². The van der Waals surface area contributed by atoms with Crippen molar-refractivity contribution in [2.24, 2.45) is 0 Å². The zero-order valence-corrected chi connectivity index (χ0v) is 12.1. The third-order valence-corrected chi connectivity index (χ3v) is 3.02. The van der Waals surface area contributed by atoms with Crippen molar-refractivity contribution in [1.82, 2.24) is 5.16 Å².